The molecule has 0 unspecified atom stereocenters. The maximum atomic E-state index is 13.4. The minimum atomic E-state index is -1.96. The zero-order chi connectivity index (χ0) is 33.9. The van der Waals surface area contributed by atoms with Crippen LogP contribution in [0.15, 0.2) is 97.1 Å². The predicted octanol–water partition coefficient (Wildman–Crippen LogP) is 2.17. The van der Waals surface area contributed by atoms with Crippen molar-refractivity contribution in [2.45, 2.75) is 55.0 Å². The number of halogens is 1. The molecule has 8 atom stereocenters. The van der Waals surface area contributed by atoms with Crippen molar-refractivity contribution in [3.8, 4) is 16.9 Å². The van der Waals surface area contributed by atoms with Gasteiger partial charge in [-0.2, -0.15) is 0 Å². The van der Waals surface area contributed by atoms with Crippen LogP contribution in [0.5, 0.6) is 5.75 Å². The second kappa shape index (κ2) is 14.3. The maximum absolute atomic E-state index is 13.4. The third-order valence-electron chi connectivity index (χ3n) is 8.96. The van der Waals surface area contributed by atoms with Crippen LogP contribution in [0.25, 0.3) is 11.1 Å². The second-order valence-electron chi connectivity index (χ2n) is 11.9. The molecule has 1 aliphatic heterocycles. The van der Waals surface area contributed by atoms with Gasteiger partial charge in [0.05, 0.1) is 18.6 Å². The summed E-state index contributed by atoms with van der Waals surface area (Å²) in [6, 6.07) is 25.9. The summed E-state index contributed by atoms with van der Waals surface area (Å²) in [5.74, 6) is -1.45. The molecule has 0 aliphatic carbocycles. The van der Waals surface area contributed by atoms with Crippen molar-refractivity contribution in [1.29, 1.82) is 0 Å². The molecular weight excluding hydrogens is 609 g/mol. The Hall–Kier alpha value is -4.20. The van der Waals surface area contributed by atoms with E-state index in [9.17, 15) is 44.9 Å². The summed E-state index contributed by atoms with van der Waals surface area (Å²) in [6.07, 6.45) is -9.62. The van der Waals surface area contributed by atoms with Gasteiger partial charge >= 0.3 is 0 Å². The van der Waals surface area contributed by atoms with Crippen molar-refractivity contribution < 1.29 is 50.0 Å². The molecule has 1 fully saturated rings. The number of phenols is 1. The number of benzene rings is 4. The number of hydrogen-bond donors (Lipinski definition) is 9. The number of rotatable bonds is 13. The first-order valence-corrected chi connectivity index (χ1v) is 15.2. The lowest BCUT2D eigenvalue weighted by Crippen LogP contribution is -2.67. The van der Waals surface area contributed by atoms with E-state index in [1.807, 2.05) is 30.3 Å². The standard InChI is InChI=1S/C36H38FNO9/c37-25-12-9-20(10-13-25)28(40)16-15-27-35(47)38-36(27,24-7-2-1-3-8-24)26-14-11-22(18-29(26)41)21-5-4-6-23(17-21)31(43)33(45)34(46)32(44)30(42)19-39/h1-14,17-18,27-28,30-34,39-46H,15-16,19H2,(H,38,47)/t27-,28-,30-,31-,32+,33+,34-,36-/m0/s1. The smallest absolute Gasteiger partial charge is 0.227 e. The molecule has 4 aromatic rings. The molecule has 10 nitrogen and oxygen atoms in total. The van der Waals surface area contributed by atoms with Crippen LogP contribution < -0.4 is 5.32 Å². The average molecular weight is 648 g/mol. The third-order valence-corrected chi connectivity index (χ3v) is 8.96. The Morgan fingerprint density at radius 2 is 1.43 bits per heavy atom. The van der Waals surface area contributed by atoms with E-state index in [2.05, 4.69) is 5.32 Å². The fourth-order valence-electron chi connectivity index (χ4n) is 6.26. The molecule has 11 heteroatoms. The van der Waals surface area contributed by atoms with E-state index in [1.54, 1.807) is 24.3 Å². The number of nitrogens with one attached hydrogen (secondary N) is 1. The van der Waals surface area contributed by atoms with Crippen molar-refractivity contribution in [1.82, 2.24) is 5.32 Å². The number of amides is 1. The highest BCUT2D eigenvalue weighted by molar-refractivity contribution is 5.91. The first kappa shape index (κ1) is 34.1. The van der Waals surface area contributed by atoms with Crippen LogP contribution in [-0.4, -0.2) is 77.8 Å². The topological polar surface area (TPSA) is 191 Å². The van der Waals surface area contributed by atoms with Gasteiger partial charge in [-0.3, -0.25) is 4.79 Å². The minimum absolute atomic E-state index is 0.127. The van der Waals surface area contributed by atoms with Crippen LogP contribution in [0, 0.1) is 11.7 Å². The SMILES string of the molecule is O=C1N[C@@](c2ccccc2)(c2ccc(-c3cccc([C@H](O)[C@@H](O)[C@@H](O)[C@H](O)[C@@H](O)CO)c3)cc2O)[C@H]1CC[C@H](O)c1ccc(F)cc1. The molecule has 1 saturated heterocycles. The fourth-order valence-corrected chi connectivity index (χ4v) is 6.26. The number of carbonyl (C=O) groups excluding carboxylic acids is 1. The van der Waals surface area contributed by atoms with Gasteiger partial charge in [0.25, 0.3) is 0 Å². The molecule has 0 radical (unpaired) electrons. The Labute approximate surface area is 270 Å². The summed E-state index contributed by atoms with van der Waals surface area (Å²) in [5.41, 5.74) is 1.82. The zero-order valence-corrected chi connectivity index (χ0v) is 25.3. The molecule has 0 bridgehead atoms. The van der Waals surface area contributed by atoms with Gasteiger partial charge in [0.15, 0.2) is 0 Å². The summed E-state index contributed by atoms with van der Waals surface area (Å²) in [7, 11) is 0. The lowest BCUT2D eigenvalue weighted by molar-refractivity contribution is -0.141. The van der Waals surface area contributed by atoms with Crippen molar-refractivity contribution in [2.75, 3.05) is 6.61 Å². The van der Waals surface area contributed by atoms with Gasteiger partial charge in [0.1, 0.15) is 47.6 Å². The molecule has 248 valence electrons. The van der Waals surface area contributed by atoms with Gasteiger partial charge in [0, 0.05) is 5.56 Å². The quantitative estimate of drug-likeness (QED) is 0.0979. The highest BCUT2D eigenvalue weighted by Crippen LogP contribution is 2.49. The molecule has 0 saturated carbocycles. The van der Waals surface area contributed by atoms with Gasteiger partial charge in [-0.05, 0) is 64.9 Å². The monoisotopic (exact) mass is 647 g/mol. The second-order valence-corrected chi connectivity index (χ2v) is 11.9. The minimum Gasteiger partial charge on any atom is -0.508 e. The highest BCUT2D eigenvalue weighted by atomic mass is 19.1. The molecule has 9 N–H and O–H groups in total. The Morgan fingerprint density at radius 1 is 0.745 bits per heavy atom. The number of β-lactam (4-membered cyclic amide) rings is 1. The van der Waals surface area contributed by atoms with E-state index >= 15 is 0 Å². The van der Waals surface area contributed by atoms with E-state index in [4.69, 9.17) is 5.11 Å². The van der Waals surface area contributed by atoms with Crippen LogP contribution in [0.1, 0.15) is 47.3 Å². The Morgan fingerprint density at radius 3 is 2.06 bits per heavy atom. The summed E-state index contributed by atoms with van der Waals surface area (Å²) in [5, 5.41) is 85.3. The van der Waals surface area contributed by atoms with Crippen molar-refractivity contribution in [3.63, 3.8) is 0 Å². The van der Waals surface area contributed by atoms with Crippen LogP contribution in [0.3, 0.4) is 0 Å². The first-order valence-electron chi connectivity index (χ1n) is 15.2. The van der Waals surface area contributed by atoms with E-state index in [-0.39, 0.29) is 30.1 Å². The molecule has 4 aromatic carbocycles. The molecule has 1 amide bonds. The lowest BCUT2D eigenvalue weighted by atomic mass is 9.64. The number of hydrogen-bond acceptors (Lipinski definition) is 9. The van der Waals surface area contributed by atoms with E-state index in [0.717, 1.165) is 5.56 Å². The highest BCUT2D eigenvalue weighted by Gasteiger charge is 2.56. The maximum Gasteiger partial charge on any atom is 0.227 e. The van der Waals surface area contributed by atoms with Crippen molar-refractivity contribution >= 4 is 5.91 Å². The van der Waals surface area contributed by atoms with Crippen LogP contribution in [0.2, 0.25) is 0 Å². The van der Waals surface area contributed by atoms with Gasteiger partial charge in [-0.1, -0.05) is 72.8 Å². The van der Waals surface area contributed by atoms with Gasteiger partial charge < -0.3 is 46.2 Å². The summed E-state index contributed by atoms with van der Waals surface area (Å²) < 4.78 is 13.4. The predicted molar refractivity (Wildman–Crippen MR) is 169 cm³/mol. The number of aliphatic hydroxyl groups is 7. The van der Waals surface area contributed by atoms with E-state index in [0.29, 0.717) is 22.3 Å². The largest absolute Gasteiger partial charge is 0.508 e. The van der Waals surface area contributed by atoms with Crippen LogP contribution in [-0.2, 0) is 10.3 Å². The van der Waals surface area contributed by atoms with Crippen molar-refractivity contribution in [2.24, 2.45) is 5.92 Å². The zero-order valence-electron chi connectivity index (χ0n) is 25.3. The van der Waals surface area contributed by atoms with Crippen LogP contribution >= 0.6 is 0 Å². The Kier molecular flexibility index (Phi) is 10.4. The molecular formula is C36H38FNO9. The third kappa shape index (κ3) is 6.78. The molecule has 1 heterocycles. The van der Waals surface area contributed by atoms with Gasteiger partial charge in [-0.15, -0.1) is 0 Å². The van der Waals surface area contributed by atoms with Crippen LogP contribution in [0.4, 0.5) is 4.39 Å². The normalized spacial score (nSPS) is 21.5. The van der Waals surface area contributed by atoms with E-state index < -0.39 is 60.5 Å². The molecule has 1 aliphatic rings. The number of aliphatic hydroxyl groups excluding tert-OH is 7. The van der Waals surface area contributed by atoms with E-state index in [1.165, 1.54) is 42.5 Å². The molecule has 0 spiro atoms. The summed E-state index contributed by atoms with van der Waals surface area (Å²) in [6.45, 7) is -0.857. The molecule has 5 rings (SSSR count). The number of aromatic hydroxyl groups is 1. The van der Waals surface area contributed by atoms with Gasteiger partial charge in [0.2, 0.25) is 5.91 Å². The fraction of sp³-hybridized carbons (Fsp3) is 0.306. The molecule has 47 heavy (non-hydrogen) atoms. The summed E-state index contributed by atoms with van der Waals surface area (Å²) >= 11 is 0. The Balaban J connectivity index is 1.42. The van der Waals surface area contributed by atoms with Gasteiger partial charge in [-0.25, -0.2) is 4.39 Å². The van der Waals surface area contributed by atoms with Crippen molar-refractivity contribution in [3.05, 3.63) is 125 Å². The average Bonchev–Trinajstić information content (AvgIpc) is 3.09. The number of carbonyl (C=O) groups is 1. The Bertz CT molecular complexity index is 1670. The first-order chi connectivity index (χ1) is 22.5. The summed E-state index contributed by atoms with van der Waals surface area (Å²) in [4.78, 5) is 13.1. The molecule has 0 aromatic heterocycles. The lowest BCUT2D eigenvalue weighted by Gasteiger charge is -2.50. The number of phenolic OH excluding ortho intramolecular Hbond substituents is 1.